The molecule has 0 saturated carbocycles. The van der Waals surface area contributed by atoms with Crippen LogP contribution in [0.5, 0.6) is 0 Å². The molecule has 2 aromatic carbocycles. The number of nitrogens with zero attached hydrogens (tertiary/aromatic N) is 4. The van der Waals surface area contributed by atoms with E-state index in [9.17, 15) is 26.3 Å². The van der Waals surface area contributed by atoms with Crippen LogP contribution in [0.3, 0.4) is 0 Å². The van der Waals surface area contributed by atoms with Crippen molar-refractivity contribution in [3.05, 3.63) is 65.3 Å². The Morgan fingerprint density at radius 2 is 1.72 bits per heavy atom. The van der Waals surface area contributed by atoms with Gasteiger partial charge in [0.1, 0.15) is 6.54 Å². The van der Waals surface area contributed by atoms with Gasteiger partial charge in [0.25, 0.3) is 0 Å². The minimum Gasteiger partial charge on any atom is -0.419 e. The van der Waals surface area contributed by atoms with Crippen molar-refractivity contribution in [1.82, 2.24) is 10.2 Å². The number of hydrogen-bond donors (Lipinski definition) is 0. The molecular formula is C20H14F6N4OS. The molecule has 0 aliphatic carbocycles. The Labute approximate surface area is 182 Å². The average Bonchev–Trinajstić information content (AvgIpc) is 3.20. The predicted octanol–water partition coefficient (Wildman–Crippen LogP) is 6.60. The first-order chi connectivity index (χ1) is 15.0. The number of benzene rings is 2. The van der Waals surface area contributed by atoms with Crippen molar-refractivity contribution in [2.24, 2.45) is 0 Å². The van der Waals surface area contributed by atoms with E-state index in [-0.39, 0.29) is 17.5 Å². The first kappa shape index (κ1) is 23.5. The van der Waals surface area contributed by atoms with Crippen LogP contribution >= 0.6 is 11.8 Å². The van der Waals surface area contributed by atoms with E-state index in [1.807, 2.05) is 6.26 Å². The summed E-state index contributed by atoms with van der Waals surface area (Å²) in [6, 6.07) is 9.38. The Bertz CT molecular complexity index is 1120. The number of thioether (sulfide) groups is 1. The first-order valence-corrected chi connectivity index (χ1v) is 10.1. The molecule has 0 radical (unpaired) electrons. The van der Waals surface area contributed by atoms with Gasteiger partial charge in [0.15, 0.2) is 5.69 Å². The lowest BCUT2D eigenvalue weighted by Gasteiger charge is -2.25. The molecule has 0 aliphatic heterocycles. The van der Waals surface area contributed by atoms with Crippen molar-refractivity contribution < 1.29 is 30.8 Å². The van der Waals surface area contributed by atoms with Crippen LogP contribution < -0.4 is 4.90 Å². The highest BCUT2D eigenvalue weighted by Gasteiger charge is 2.36. The van der Waals surface area contributed by atoms with Gasteiger partial charge in [0, 0.05) is 16.1 Å². The van der Waals surface area contributed by atoms with Gasteiger partial charge >= 0.3 is 12.4 Å². The molecule has 0 saturated heterocycles. The normalized spacial score (nSPS) is 11.9. The molecule has 0 fully saturated rings. The quantitative estimate of drug-likeness (QED) is 0.230. The highest BCUT2D eigenvalue weighted by atomic mass is 32.2. The van der Waals surface area contributed by atoms with Crippen LogP contribution in [0.4, 0.5) is 37.7 Å². The molecule has 32 heavy (non-hydrogen) atoms. The molecular weight excluding hydrogens is 458 g/mol. The molecule has 0 bridgehead atoms. The van der Waals surface area contributed by atoms with E-state index in [4.69, 9.17) is 11.0 Å². The second kappa shape index (κ2) is 9.12. The predicted molar refractivity (Wildman–Crippen MR) is 106 cm³/mol. The Morgan fingerprint density at radius 3 is 2.28 bits per heavy atom. The number of anilines is 1. The molecule has 12 heteroatoms. The maximum absolute atomic E-state index is 13.3. The van der Waals surface area contributed by atoms with E-state index in [2.05, 4.69) is 15.0 Å². The van der Waals surface area contributed by atoms with Crippen molar-refractivity contribution in [2.45, 2.75) is 23.8 Å². The van der Waals surface area contributed by atoms with E-state index in [0.29, 0.717) is 16.5 Å². The van der Waals surface area contributed by atoms with E-state index >= 15 is 0 Å². The van der Waals surface area contributed by atoms with Crippen LogP contribution in [0.25, 0.3) is 16.3 Å². The second-order valence-corrected chi connectivity index (χ2v) is 7.39. The van der Waals surface area contributed by atoms with E-state index in [1.54, 1.807) is 24.3 Å². The molecule has 5 nitrogen and oxygen atoms in total. The highest BCUT2D eigenvalue weighted by molar-refractivity contribution is 7.98. The average molecular weight is 472 g/mol. The summed E-state index contributed by atoms with van der Waals surface area (Å²) >= 11 is 1.52. The molecule has 3 aromatic rings. The van der Waals surface area contributed by atoms with Crippen molar-refractivity contribution in [3.63, 3.8) is 0 Å². The Morgan fingerprint density at radius 1 is 1.03 bits per heavy atom. The molecule has 1 aromatic heterocycles. The minimum absolute atomic E-state index is 0.0685. The molecule has 0 atom stereocenters. The van der Waals surface area contributed by atoms with Gasteiger partial charge in [-0.25, -0.2) is 4.85 Å². The monoisotopic (exact) mass is 472 g/mol. The third-order valence-corrected chi connectivity index (χ3v) is 5.01. The van der Waals surface area contributed by atoms with Crippen LogP contribution in [0.2, 0.25) is 0 Å². The van der Waals surface area contributed by atoms with Gasteiger partial charge in [-0.15, -0.1) is 22.0 Å². The van der Waals surface area contributed by atoms with Crippen LogP contribution in [-0.4, -0.2) is 29.2 Å². The van der Waals surface area contributed by atoms with Crippen LogP contribution in [0, 0.1) is 6.57 Å². The molecule has 0 amide bonds. The standard InChI is InChI=1S/C20H14F6N4OS/c1-27-16-8-5-13(9-15(16)20(24,25)26)30(11-19(21,22)23)10-17-28-29-18(31-17)12-3-6-14(32-2)7-4-12/h3-9H,10-11H2,2H3. The minimum atomic E-state index is -4.90. The fourth-order valence-electron chi connectivity index (χ4n) is 2.83. The van der Waals surface area contributed by atoms with Gasteiger partial charge in [-0.2, -0.15) is 26.3 Å². The zero-order valence-electron chi connectivity index (χ0n) is 16.3. The van der Waals surface area contributed by atoms with Crippen molar-refractivity contribution >= 4 is 23.1 Å². The smallest absolute Gasteiger partial charge is 0.407 e. The summed E-state index contributed by atoms with van der Waals surface area (Å²) in [5.74, 6) is -0.139. The highest BCUT2D eigenvalue weighted by Crippen LogP contribution is 2.39. The van der Waals surface area contributed by atoms with Crippen LogP contribution in [0.1, 0.15) is 11.5 Å². The Kier molecular flexibility index (Phi) is 6.68. The topological polar surface area (TPSA) is 46.5 Å². The van der Waals surface area contributed by atoms with Gasteiger partial charge in [-0.1, -0.05) is 6.07 Å². The summed E-state index contributed by atoms with van der Waals surface area (Å²) in [5, 5.41) is 7.55. The molecule has 0 unspecified atom stereocenters. The van der Waals surface area contributed by atoms with E-state index in [1.165, 1.54) is 11.8 Å². The maximum atomic E-state index is 13.3. The molecule has 168 valence electrons. The summed E-state index contributed by atoms with van der Waals surface area (Å²) < 4.78 is 84.6. The number of alkyl halides is 6. The third-order valence-electron chi connectivity index (χ3n) is 4.27. The SMILES string of the molecule is [C-]#[N+]c1ccc(N(Cc2nnc(-c3ccc(SC)cc3)o2)CC(F)(F)F)cc1C(F)(F)F. The lowest BCUT2D eigenvalue weighted by atomic mass is 10.1. The maximum Gasteiger partial charge on any atom is 0.407 e. The first-order valence-electron chi connectivity index (χ1n) is 8.87. The lowest BCUT2D eigenvalue weighted by molar-refractivity contribution is -0.136. The van der Waals surface area contributed by atoms with Crippen molar-refractivity contribution in [1.29, 1.82) is 0 Å². The number of hydrogen-bond acceptors (Lipinski definition) is 5. The third kappa shape index (κ3) is 5.73. The fraction of sp³-hybridized carbons (Fsp3) is 0.250. The molecule has 0 spiro atoms. The van der Waals surface area contributed by atoms with E-state index < -0.39 is 36.7 Å². The number of halogens is 6. The largest absolute Gasteiger partial charge is 0.419 e. The van der Waals surface area contributed by atoms with Crippen LogP contribution in [0.15, 0.2) is 51.8 Å². The summed E-state index contributed by atoms with van der Waals surface area (Å²) in [5.41, 5.74) is -1.87. The Hall–Kier alpha value is -3.20. The summed E-state index contributed by atoms with van der Waals surface area (Å²) in [4.78, 5) is 4.41. The summed E-state index contributed by atoms with van der Waals surface area (Å²) in [6.45, 7) is 4.74. The van der Waals surface area contributed by atoms with E-state index in [0.717, 1.165) is 17.0 Å². The lowest BCUT2D eigenvalue weighted by Crippen LogP contribution is -2.34. The molecule has 3 rings (SSSR count). The molecule has 1 heterocycles. The van der Waals surface area contributed by atoms with Crippen LogP contribution in [-0.2, 0) is 12.7 Å². The van der Waals surface area contributed by atoms with Gasteiger partial charge in [0.2, 0.25) is 11.8 Å². The van der Waals surface area contributed by atoms with Gasteiger partial charge in [0.05, 0.1) is 18.7 Å². The fourth-order valence-corrected chi connectivity index (χ4v) is 3.24. The second-order valence-electron chi connectivity index (χ2n) is 6.51. The Balaban J connectivity index is 1.93. The summed E-state index contributed by atoms with van der Waals surface area (Å²) in [7, 11) is 0. The molecule has 0 N–H and O–H groups in total. The number of rotatable bonds is 6. The number of aromatic nitrogens is 2. The van der Waals surface area contributed by atoms with Crippen molar-refractivity contribution in [2.75, 3.05) is 17.7 Å². The van der Waals surface area contributed by atoms with Gasteiger partial charge in [-0.3, -0.25) is 0 Å². The zero-order chi connectivity index (χ0) is 23.5. The van der Waals surface area contributed by atoms with Gasteiger partial charge in [-0.05, 0) is 42.7 Å². The zero-order valence-corrected chi connectivity index (χ0v) is 17.1. The van der Waals surface area contributed by atoms with Gasteiger partial charge < -0.3 is 9.32 Å². The van der Waals surface area contributed by atoms with Crippen molar-refractivity contribution in [3.8, 4) is 11.5 Å². The molecule has 0 aliphatic rings. The summed E-state index contributed by atoms with van der Waals surface area (Å²) in [6.07, 6.45) is -7.72.